The molecule has 0 aliphatic carbocycles. The Morgan fingerprint density at radius 2 is 2.09 bits per heavy atom. The fraction of sp³-hybridized carbons (Fsp3) is 0.0588. The highest BCUT2D eigenvalue weighted by Gasteiger charge is 2.38. The van der Waals surface area contributed by atoms with E-state index < -0.39 is 6.23 Å². The van der Waals surface area contributed by atoms with E-state index in [0.29, 0.717) is 11.3 Å². The maximum absolute atomic E-state index is 12.8. The number of benzene rings is 1. The summed E-state index contributed by atoms with van der Waals surface area (Å²) in [4.78, 5) is 34.7. The lowest BCUT2D eigenvalue weighted by molar-refractivity contribution is 0.0394. The average molecular weight is 305 g/mol. The van der Waals surface area contributed by atoms with Gasteiger partial charge < -0.3 is 4.74 Å². The largest absolute Gasteiger partial charge is 0.466 e. The number of carbonyl (C=O) groups is 2. The van der Waals surface area contributed by atoms with Crippen molar-refractivity contribution >= 4 is 11.7 Å². The molecule has 6 nitrogen and oxygen atoms in total. The number of Topliss-reactive ketones (excluding diaryl/α,β-unsaturated/α-hetero) is 1. The fourth-order valence-electron chi connectivity index (χ4n) is 2.60. The minimum Gasteiger partial charge on any atom is -0.466 e. The predicted molar refractivity (Wildman–Crippen MR) is 80.6 cm³/mol. The molecule has 1 atom stereocenters. The van der Waals surface area contributed by atoms with E-state index in [1.54, 1.807) is 42.5 Å². The second-order valence-corrected chi connectivity index (χ2v) is 5.04. The zero-order valence-corrected chi connectivity index (χ0v) is 11.9. The molecule has 112 valence electrons. The van der Waals surface area contributed by atoms with Crippen molar-refractivity contribution in [3.8, 4) is 5.75 Å². The third kappa shape index (κ3) is 2.12. The first kappa shape index (κ1) is 13.4. The molecule has 0 spiro atoms. The molecule has 0 fully saturated rings. The van der Waals surface area contributed by atoms with E-state index in [4.69, 9.17) is 4.74 Å². The average Bonchev–Trinajstić information content (AvgIpc) is 2.61. The molecular formula is C17H11N3O3. The Balaban J connectivity index is 1.76. The van der Waals surface area contributed by atoms with Crippen LogP contribution in [0.4, 0.5) is 0 Å². The number of nitrogens with zero attached hydrogens (tertiary/aromatic N) is 3. The van der Waals surface area contributed by atoms with Crippen molar-refractivity contribution in [2.75, 3.05) is 0 Å². The van der Waals surface area contributed by atoms with Crippen LogP contribution in [0.3, 0.4) is 0 Å². The van der Waals surface area contributed by atoms with Crippen molar-refractivity contribution in [3.05, 3.63) is 78.0 Å². The molecule has 0 N–H and O–H groups in total. The lowest BCUT2D eigenvalue weighted by Crippen LogP contribution is -2.48. The zero-order valence-electron chi connectivity index (χ0n) is 11.9. The van der Waals surface area contributed by atoms with Gasteiger partial charge in [-0.3, -0.25) is 19.5 Å². The second-order valence-electron chi connectivity index (χ2n) is 5.04. The molecule has 23 heavy (non-hydrogen) atoms. The van der Waals surface area contributed by atoms with Crippen LogP contribution in [0.1, 0.15) is 20.8 Å². The van der Waals surface area contributed by atoms with Gasteiger partial charge in [-0.1, -0.05) is 18.2 Å². The van der Waals surface area contributed by atoms with Crippen molar-refractivity contribution < 1.29 is 14.3 Å². The van der Waals surface area contributed by atoms with Gasteiger partial charge in [-0.05, 0) is 24.3 Å². The maximum Gasteiger partial charge on any atom is 0.265 e. The van der Waals surface area contributed by atoms with E-state index in [9.17, 15) is 9.59 Å². The number of hydrogen-bond acceptors (Lipinski definition) is 5. The molecule has 3 heterocycles. The zero-order chi connectivity index (χ0) is 15.8. The van der Waals surface area contributed by atoms with Gasteiger partial charge in [0.2, 0.25) is 5.78 Å². The highest BCUT2D eigenvalue weighted by atomic mass is 16.5. The van der Waals surface area contributed by atoms with Crippen LogP contribution in [0.2, 0.25) is 0 Å². The lowest BCUT2D eigenvalue weighted by Gasteiger charge is -2.37. The SMILES string of the molecule is O=C(C1=CC=CC2Oc3ccccc3C(=O)N12)c1cnccn1. The van der Waals surface area contributed by atoms with Crippen molar-refractivity contribution in [1.82, 2.24) is 14.9 Å². The molecule has 2 aromatic rings. The van der Waals surface area contributed by atoms with Crippen molar-refractivity contribution in [2.45, 2.75) is 6.23 Å². The van der Waals surface area contributed by atoms with Crippen LogP contribution >= 0.6 is 0 Å². The summed E-state index contributed by atoms with van der Waals surface area (Å²) < 4.78 is 5.81. The number of allylic oxidation sites excluding steroid dienone is 3. The van der Waals surface area contributed by atoms with Gasteiger partial charge in [0.05, 0.1) is 17.5 Å². The van der Waals surface area contributed by atoms with Crippen LogP contribution in [0.25, 0.3) is 0 Å². The molecule has 0 bridgehead atoms. The summed E-state index contributed by atoms with van der Waals surface area (Å²) in [5.41, 5.74) is 0.828. The van der Waals surface area contributed by atoms with Gasteiger partial charge in [0.1, 0.15) is 11.4 Å². The van der Waals surface area contributed by atoms with Gasteiger partial charge in [0, 0.05) is 12.4 Å². The number of aromatic nitrogens is 2. The summed E-state index contributed by atoms with van der Waals surface area (Å²) in [6, 6.07) is 6.97. The van der Waals surface area contributed by atoms with E-state index in [1.807, 2.05) is 0 Å². The van der Waals surface area contributed by atoms with E-state index in [0.717, 1.165) is 0 Å². The molecule has 2 aliphatic rings. The Morgan fingerprint density at radius 1 is 1.22 bits per heavy atom. The molecule has 0 radical (unpaired) electrons. The Bertz CT molecular complexity index is 858. The van der Waals surface area contributed by atoms with Crippen molar-refractivity contribution in [2.24, 2.45) is 0 Å². The number of ether oxygens (including phenoxy) is 1. The maximum atomic E-state index is 12.8. The third-order valence-electron chi connectivity index (χ3n) is 3.66. The Hall–Kier alpha value is -3.28. The molecule has 6 heteroatoms. The number of para-hydroxylation sites is 1. The summed E-state index contributed by atoms with van der Waals surface area (Å²) in [5.74, 6) is -0.134. The van der Waals surface area contributed by atoms with Gasteiger partial charge in [0.25, 0.3) is 5.91 Å². The Labute approximate surface area is 131 Å². The summed E-state index contributed by atoms with van der Waals surface area (Å²) in [5, 5.41) is 0. The quantitative estimate of drug-likeness (QED) is 0.793. The van der Waals surface area contributed by atoms with E-state index in [-0.39, 0.29) is 23.1 Å². The summed E-state index contributed by atoms with van der Waals surface area (Å²) >= 11 is 0. The van der Waals surface area contributed by atoms with Crippen molar-refractivity contribution in [3.63, 3.8) is 0 Å². The third-order valence-corrected chi connectivity index (χ3v) is 3.66. The van der Waals surface area contributed by atoms with E-state index in [1.165, 1.54) is 23.5 Å². The van der Waals surface area contributed by atoms with Crippen LogP contribution in [0, 0.1) is 0 Å². The first-order valence-corrected chi connectivity index (χ1v) is 7.04. The fourth-order valence-corrected chi connectivity index (χ4v) is 2.60. The standard InChI is InChI=1S/C17H11N3O3/c21-16(12-10-18-8-9-19-12)13-5-3-7-15-20(13)17(22)11-4-1-2-6-14(11)23-15/h1-10,15H. The van der Waals surface area contributed by atoms with Gasteiger partial charge in [-0.2, -0.15) is 0 Å². The first-order valence-electron chi connectivity index (χ1n) is 7.04. The number of amides is 1. The number of hydrogen-bond donors (Lipinski definition) is 0. The minimum absolute atomic E-state index is 0.180. The molecule has 1 aromatic heterocycles. The highest BCUT2D eigenvalue weighted by Crippen LogP contribution is 2.32. The minimum atomic E-state index is -0.641. The number of carbonyl (C=O) groups excluding carboxylic acids is 2. The van der Waals surface area contributed by atoms with Crippen LogP contribution in [0.5, 0.6) is 5.75 Å². The molecule has 1 aromatic carbocycles. The monoisotopic (exact) mass is 305 g/mol. The number of rotatable bonds is 2. The molecule has 4 rings (SSSR count). The number of ketones is 1. The number of fused-ring (bicyclic) bond motifs is 2. The van der Waals surface area contributed by atoms with E-state index in [2.05, 4.69) is 9.97 Å². The molecule has 0 saturated carbocycles. The van der Waals surface area contributed by atoms with Crippen LogP contribution < -0.4 is 4.74 Å². The second kappa shape index (κ2) is 5.17. The normalized spacial score (nSPS) is 18.6. The van der Waals surface area contributed by atoms with E-state index >= 15 is 0 Å². The van der Waals surface area contributed by atoms with Crippen molar-refractivity contribution in [1.29, 1.82) is 0 Å². The van der Waals surface area contributed by atoms with Gasteiger partial charge >= 0.3 is 0 Å². The van der Waals surface area contributed by atoms with Crippen LogP contribution in [-0.2, 0) is 0 Å². The molecule has 2 aliphatic heterocycles. The molecule has 0 saturated heterocycles. The molecule has 1 unspecified atom stereocenters. The van der Waals surface area contributed by atoms with Gasteiger partial charge in [-0.15, -0.1) is 0 Å². The van der Waals surface area contributed by atoms with Gasteiger partial charge in [-0.25, -0.2) is 4.98 Å². The Kier molecular flexibility index (Phi) is 3.01. The van der Waals surface area contributed by atoms with Crippen LogP contribution in [0.15, 0.2) is 66.8 Å². The smallest absolute Gasteiger partial charge is 0.265 e. The highest BCUT2D eigenvalue weighted by molar-refractivity contribution is 6.12. The van der Waals surface area contributed by atoms with Gasteiger partial charge in [0.15, 0.2) is 6.23 Å². The summed E-state index contributed by atoms with van der Waals surface area (Å²) in [7, 11) is 0. The summed E-state index contributed by atoms with van der Waals surface area (Å²) in [6.07, 6.45) is 8.67. The summed E-state index contributed by atoms with van der Waals surface area (Å²) in [6.45, 7) is 0. The predicted octanol–water partition coefficient (Wildman–Crippen LogP) is 1.97. The van der Waals surface area contributed by atoms with Crippen LogP contribution in [-0.4, -0.2) is 32.8 Å². The topological polar surface area (TPSA) is 72.4 Å². The first-order chi connectivity index (χ1) is 11.3. The lowest BCUT2D eigenvalue weighted by atomic mass is 10.0. The molecular weight excluding hydrogens is 294 g/mol. The Morgan fingerprint density at radius 3 is 2.91 bits per heavy atom. The molecule has 1 amide bonds.